The van der Waals surface area contributed by atoms with E-state index in [1.165, 1.54) is 54.6 Å². The van der Waals surface area contributed by atoms with Crippen molar-refractivity contribution in [3.8, 4) is 34.1 Å². The van der Waals surface area contributed by atoms with Gasteiger partial charge in [-0.3, -0.25) is 16.0 Å². The standard InChI is InChI=1S/C93H100N18O14/c1-14-18-40-122-84(112)102-77-44-66(31-22-59(77)7)94-53-96-70-35-26-63(11)81(48-70)109-91(119)110(82-49-71(36-27-64(82)12)97-54-95-67-32-23-60(8)78(45-67)103-85(113)123-41-19-15-2)93(121)111(92(109)120)83-52-74(39-30-65(83)13)108-89(117)106(72-37-28-57(5)75(50-72)100-55-98-68-33-24-61(9)79(46-68)104-86(114)124-42-20-16-3)88(116)107(90(108)118)73-38-29-58(6)76(51-73)101-56-99-69-34-25-62(10)80(47-69)105-87(115)125-43-21-17-4/h22-24,26-33,35-39,44-46,48-52,62,69,80H,14-21,25,34,40-43,47H2,1-13H3,(H,102,112)(H,103,113)(H,104,114)(H,105,115). The summed E-state index contributed by atoms with van der Waals surface area (Å²) >= 11 is 0. The van der Waals surface area contributed by atoms with Crippen molar-refractivity contribution in [2.75, 3.05) is 42.4 Å². The van der Waals surface area contributed by atoms with Gasteiger partial charge in [-0.15, -0.1) is 0 Å². The molecule has 8 aromatic carbocycles. The molecule has 10 aromatic rings. The number of nitrogens with one attached hydrogen (secondary N) is 4. The number of ether oxygens (including phenoxy) is 4. The molecule has 0 saturated heterocycles. The molecule has 4 amide bonds. The highest BCUT2D eigenvalue weighted by Gasteiger charge is 2.31. The molecule has 0 radical (unpaired) electrons. The third-order valence-electron chi connectivity index (χ3n) is 21.0. The quantitative estimate of drug-likeness (QED) is 0.0185. The third-order valence-corrected chi connectivity index (χ3v) is 21.0. The van der Waals surface area contributed by atoms with Crippen molar-refractivity contribution in [2.24, 2.45) is 45.9 Å². The Labute approximate surface area is 720 Å². The Hall–Kier alpha value is -14.8. The van der Waals surface area contributed by atoms with E-state index in [2.05, 4.69) is 92.2 Å². The van der Waals surface area contributed by atoms with E-state index in [0.29, 0.717) is 99.7 Å². The molecule has 1 aliphatic rings. The average Bonchev–Trinajstić information content (AvgIpc) is 0.731. The first-order valence-corrected chi connectivity index (χ1v) is 41.5. The highest BCUT2D eigenvalue weighted by Crippen LogP contribution is 2.32. The summed E-state index contributed by atoms with van der Waals surface area (Å²) in [5.41, 5.74) is -0.681. The van der Waals surface area contributed by atoms with Crippen molar-refractivity contribution in [2.45, 2.75) is 173 Å². The van der Waals surface area contributed by atoms with Crippen LogP contribution in [0.5, 0.6) is 0 Å². The normalized spacial score (nSPS) is 13.2. The van der Waals surface area contributed by atoms with Gasteiger partial charge in [0.25, 0.3) is 0 Å². The Kier molecular flexibility index (Phi) is 31.0. The molecule has 1 aliphatic carbocycles. The molecule has 3 unspecified atom stereocenters. The van der Waals surface area contributed by atoms with E-state index in [9.17, 15) is 19.2 Å². The Morgan fingerprint density at radius 3 is 1.01 bits per heavy atom. The van der Waals surface area contributed by atoms with E-state index in [4.69, 9.17) is 18.9 Å². The first kappa shape index (κ1) is 90.9. The van der Waals surface area contributed by atoms with Gasteiger partial charge in [-0.25, -0.2) is 80.3 Å². The van der Waals surface area contributed by atoms with Crippen LogP contribution in [-0.2, 0) is 18.9 Å². The molecule has 2 heterocycles. The number of aryl methyl sites for hydroxylation is 8. The fraction of sp³-hybridized carbons (Fsp3) is 0.333. The van der Waals surface area contributed by atoms with Crippen LogP contribution >= 0.6 is 0 Å². The molecule has 32 heteroatoms. The van der Waals surface area contributed by atoms with Gasteiger partial charge in [0.15, 0.2) is 0 Å². The van der Waals surface area contributed by atoms with Gasteiger partial charge in [-0.2, -0.15) is 34.9 Å². The summed E-state index contributed by atoms with van der Waals surface area (Å²) in [6.07, 6.45) is 5.66. The number of benzene rings is 8. The second kappa shape index (κ2) is 42.6. The topological polar surface area (TPSA) is 384 Å². The summed E-state index contributed by atoms with van der Waals surface area (Å²) in [7, 11) is 0. The number of carbonyl (C=O) groups excluding carboxylic acids is 4. The van der Waals surface area contributed by atoms with Crippen LogP contribution in [0.25, 0.3) is 34.1 Å². The van der Waals surface area contributed by atoms with Crippen LogP contribution in [0.15, 0.2) is 214 Å². The van der Waals surface area contributed by atoms with Crippen LogP contribution in [0.3, 0.4) is 0 Å². The molecule has 32 nitrogen and oxygen atoms in total. The largest absolute Gasteiger partial charge is 0.450 e. The summed E-state index contributed by atoms with van der Waals surface area (Å²) in [4.78, 5) is 182. The van der Waals surface area contributed by atoms with E-state index in [-0.39, 0.29) is 100 Å². The highest BCUT2D eigenvalue weighted by molar-refractivity contribution is 5.88. The predicted octanol–water partition coefficient (Wildman–Crippen LogP) is 18.4. The van der Waals surface area contributed by atoms with Crippen LogP contribution in [0, 0.1) is 61.3 Å². The Bertz CT molecular complexity index is 6280. The van der Waals surface area contributed by atoms with Gasteiger partial charge in [0, 0.05) is 23.1 Å². The minimum absolute atomic E-state index is 0.0557. The van der Waals surface area contributed by atoms with Crippen molar-refractivity contribution in [3.63, 3.8) is 0 Å². The molecular weight excluding hydrogens is 1590 g/mol. The van der Waals surface area contributed by atoms with Crippen molar-refractivity contribution in [3.05, 3.63) is 253 Å². The molecule has 1 saturated carbocycles. The summed E-state index contributed by atoms with van der Waals surface area (Å²) in [5.74, 6) is 0.137. The van der Waals surface area contributed by atoms with E-state index >= 15 is 28.8 Å². The summed E-state index contributed by atoms with van der Waals surface area (Å²) in [6, 6.07) is 47.9. The number of unbranched alkanes of at least 4 members (excludes halogenated alkanes) is 4. The molecule has 2 aromatic heterocycles. The van der Waals surface area contributed by atoms with Crippen molar-refractivity contribution >= 4 is 105 Å². The van der Waals surface area contributed by atoms with Crippen molar-refractivity contribution in [1.29, 1.82) is 0 Å². The summed E-state index contributed by atoms with van der Waals surface area (Å²) in [6.45, 7) is 24.7. The molecule has 1 fully saturated rings. The number of amides is 4. The SMILES string of the molecule is CCCCOC(=O)Nc1cc(N=C=Nc2ccc(C)c(-n3c(=O)n(-c4cc(N=C=Nc5ccc(C)c(NC(=O)OCCCC)c5)ccc4C)c(=O)n(-c4cc(-n5c(=O)n(-c6ccc(C)c(N=C=Nc7ccc(C)c(NC(=O)OCCCC)c7)c6)c(=O)n(-c6ccc(C)c(N=C=NC7CCC(C)C(NC(=O)OCCCC)C7)c6)c5=O)ccc4C)c3=O)c2)ccc1C. The number of aromatic nitrogens is 6. The number of rotatable bonds is 30. The maximum Gasteiger partial charge on any atom is 0.411 e. The van der Waals surface area contributed by atoms with Crippen LogP contribution in [0.4, 0.5) is 76.1 Å². The van der Waals surface area contributed by atoms with E-state index < -0.39 is 58.5 Å². The average molecular weight is 1690 g/mol. The molecule has 11 rings (SSSR count). The lowest BCUT2D eigenvalue weighted by atomic mass is 9.83. The van der Waals surface area contributed by atoms with Gasteiger partial charge in [0.1, 0.15) is 18.0 Å². The van der Waals surface area contributed by atoms with Gasteiger partial charge < -0.3 is 24.3 Å². The Morgan fingerprint density at radius 1 is 0.344 bits per heavy atom. The van der Waals surface area contributed by atoms with Gasteiger partial charge in [-0.1, -0.05) is 109 Å². The van der Waals surface area contributed by atoms with Crippen molar-refractivity contribution < 1.29 is 38.1 Å². The van der Waals surface area contributed by atoms with Crippen LogP contribution < -0.4 is 55.4 Å². The second-order valence-corrected chi connectivity index (χ2v) is 30.4. The number of alkyl carbamates (subject to hydrolysis) is 1. The maximum absolute atomic E-state index is 16.0. The third kappa shape index (κ3) is 22.9. The fourth-order valence-corrected chi connectivity index (χ4v) is 13.4. The van der Waals surface area contributed by atoms with Gasteiger partial charge in [0.05, 0.1) is 112 Å². The van der Waals surface area contributed by atoms with E-state index in [1.807, 2.05) is 27.7 Å². The zero-order valence-electron chi connectivity index (χ0n) is 72.2. The zero-order valence-corrected chi connectivity index (χ0v) is 72.2. The molecule has 0 spiro atoms. The van der Waals surface area contributed by atoms with E-state index in [0.717, 1.165) is 78.1 Å². The predicted molar refractivity (Wildman–Crippen MR) is 484 cm³/mol. The Morgan fingerprint density at radius 2 is 0.640 bits per heavy atom. The lowest BCUT2D eigenvalue weighted by molar-refractivity contribution is 0.131. The number of carbonyl (C=O) groups is 4. The smallest absolute Gasteiger partial charge is 0.411 e. The number of hydrogen-bond donors (Lipinski definition) is 4. The number of anilines is 3. The minimum Gasteiger partial charge on any atom is -0.450 e. The van der Waals surface area contributed by atoms with Crippen LogP contribution in [0.2, 0.25) is 0 Å². The zero-order chi connectivity index (χ0) is 89.5. The first-order valence-electron chi connectivity index (χ1n) is 41.5. The molecular formula is C93H100N18O14. The Balaban J connectivity index is 1.08. The first-order chi connectivity index (χ1) is 60.2. The lowest BCUT2D eigenvalue weighted by Crippen LogP contribution is -2.53. The van der Waals surface area contributed by atoms with Gasteiger partial charge in [0.2, 0.25) is 0 Å². The van der Waals surface area contributed by atoms with Crippen LogP contribution in [-0.4, -0.2) is 114 Å². The van der Waals surface area contributed by atoms with Gasteiger partial charge in [-0.05, 0) is 248 Å². The number of hydrogen-bond acceptors (Lipinski definition) is 22. The fourth-order valence-electron chi connectivity index (χ4n) is 13.4. The van der Waals surface area contributed by atoms with E-state index in [1.54, 1.807) is 146 Å². The summed E-state index contributed by atoms with van der Waals surface area (Å²) < 4.78 is 25.9. The minimum atomic E-state index is -1.22. The molecule has 646 valence electrons. The number of aliphatic imine (C=N–C) groups is 8. The molecule has 0 aliphatic heterocycles. The number of nitrogens with zero attached hydrogens (tertiary/aromatic N) is 14. The molecule has 0 bridgehead atoms. The monoisotopic (exact) mass is 1690 g/mol. The highest BCUT2D eigenvalue weighted by atomic mass is 16.6. The summed E-state index contributed by atoms with van der Waals surface area (Å²) in [5, 5.41) is 11.2. The van der Waals surface area contributed by atoms with Gasteiger partial charge >= 0.3 is 58.5 Å². The lowest BCUT2D eigenvalue weighted by Gasteiger charge is -2.32. The molecule has 4 N–H and O–H groups in total. The second-order valence-electron chi connectivity index (χ2n) is 30.4. The van der Waals surface area contributed by atoms with Crippen molar-refractivity contribution in [1.82, 2.24) is 32.7 Å². The molecule has 3 atom stereocenters. The maximum atomic E-state index is 16.0. The molecule has 125 heavy (non-hydrogen) atoms. The van der Waals surface area contributed by atoms with Crippen LogP contribution in [0.1, 0.15) is 150 Å².